The first-order valence-corrected chi connectivity index (χ1v) is 14.9. The molecule has 3 aliphatic rings. The van der Waals surface area contributed by atoms with E-state index in [1.807, 2.05) is 0 Å². The van der Waals surface area contributed by atoms with E-state index in [1.54, 1.807) is 0 Å². The lowest BCUT2D eigenvalue weighted by Crippen LogP contribution is -2.39. The van der Waals surface area contributed by atoms with Crippen molar-refractivity contribution in [2.45, 2.75) is 115 Å². The van der Waals surface area contributed by atoms with Crippen molar-refractivity contribution in [1.82, 2.24) is 0 Å². The molecule has 0 bridgehead atoms. The molecule has 0 aliphatic heterocycles. The van der Waals surface area contributed by atoms with E-state index >= 15 is 0 Å². The van der Waals surface area contributed by atoms with Crippen LogP contribution in [-0.2, 0) is 4.74 Å². The van der Waals surface area contributed by atoms with E-state index < -0.39 is 53.4 Å². The van der Waals surface area contributed by atoms with Gasteiger partial charge in [-0.2, -0.15) is 17.6 Å². The average molecular weight is 579 g/mol. The summed E-state index contributed by atoms with van der Waals surface area (Å²) in [5.74, 6) is -6.53. The molecule has 0 atom stereocenters. The van der Waals surface area contributed by atoms with Crippen molar-refractivity contribution in [3.05, 3.63) is 41.7 Å². The fourth-order valence-corrected chi connectivity index (χ4v) is 6.71. The number of hydrogen-bond donors (Lipinski definition) is 0. The average Bonchev–Trinajstić information content (AvgIpc) is 2.92. The highest BCUT2D eigenvalue weighted by atomic mass is 19.3. The molecule has 226 valence electrons. The van der Waals surface area contributed by atoms with E-state index in [0.29, 0.717) is 56.6 Å². The summed E-state index contributed by atoms with van der Waals surface area (Å²) in [6.45, 7) is 2.13. The first-order chi connectivity index (χ1) is 19.0. The molecule has 40 heavy (non-hydrogen) atoms. The Hall–Kier alpha value is -1.77. The Morgan fingerprint density at radius 3 is 1.70 bits per heavy atom. The summed E-state index contributed by atoms with van der Waals surface area (Å²) in [6.07, 6.45) is 6.00. The van der Waals surface area contributed by atoms with Gasteiger partial charge in [-0.05, 0) is 94.8 Å². The molecule has 0 aromatic heterocycles. The molecule has 9 heteroatoms. The monoisotopic (exact) mass is 578 g/mol. The normalized spacial score (nSPS) is 30.5. The summed E-state index contributed by atoms with van der Waals surface area (Å²) in [5.41, 5.74) is 0. The number of benzene rings is 1. The molecular weight excluding hydrogens is 537 g/mol. The quantitative estimate of drug-likeness (QED) is 0.156. The Labute approximate surface area is 232 Å². The molecule has 0 heterocycles. The molecule has 2 nitrogen and oxygen atoms in total. The van der Waals surface area contributed by atoms with E-state index in [9.17, 15) is 30.7 Å². The molecule has 0 saturated heterocycles. The molecule has 3 saturated carbocycles. The van der Waals surface area contributed by atoms with Gasteiger partial charge < -0.3 is 9.47 Å². The summed E-state index contributed by atoms with van der Waals surface area (Å²) < 4.78 is 109. The van der Waals surface area contributed by atoms with Crippen molar-refractivity contribution in [1.29, 1.82) is 0 Å². The molecule has 1 aromatic carbocycles. The summed E-state index contributed by atoms with van der Waals surface area (Å²) in [7, 11) is 0. The first kappa shape index (κ1) is 31.2. The number of halogens is 7. The van der Waals surface area contributed by atoms with Crippen LogP contribution in [0.15, 0.2) is 24.3 Å². The highest BCUT2D eigenvalue weighted by Crippen LogP contribution is 2.44. The second-order valence-electron chi connectivity index (χ2n) is 12.1. The van der Waals surface area contributed by atoms with E-state index in [4.69, 9.17) is 4.74 Å². The van der Waals surface area contributed by atoms with E-state index in [2.05, 4.69) is 23.8 Å². The zero-order chi connectivity index (χ0) is 28.9. The Bertz CT molecular complexity index is 951. The molecule has 0 radical (unpaired) electrons. The minimum Gasteiger partial charge on any atom is -0.432 e. The van der Waals surface area contributed by atoms with Gasteiger partial charge in [0.2, 0.25) is 0 Å². The largest absolute Gasteiger partial charge is 0.432 e. The Morgan fingerprint density at radius 1 is 0.700 bits per heavy atom. The fourth-order valence-electron chi connectivity index (χ4n) is 6.71. The lowest BCUT2D eigenvalue weighted by Gasteiger charge is -2.36. The second kappa shape index (κ2) is 13.5. The highest BCUT2D eigenvalue weighted by Gasteiger charge is 2.45. The molecular formula is C31H41F7O2. The van der Waals surface area contributed by atoms with Gasteiger partial charge in [-0.15, -0.1) is 0 Å². The van der Waals surface area contributed by atoms with E-state index in [-0.39, 0.29) is 24.7 Å². The van der Waals surface area contributed by atoms with Crippen molar-refractivity contribution >= 4 is 0 Å². The maximum atomic E-state index is 14.8. The molecule has 1 aromatic rings. The van der Waals surface area contributed by atoms with Crippen molar-refractivity contribution in [3.8, 4) is 5.75 Å². The van der Waals surface area contributed by atoms with Crippen molar-refractivity contribution in [2.75, 3.05) is 0 Å². The fraction of sp³-hybridized carbons (Fsp3) is 0.742. The third kappa shape index (κ3) is 8.16. The molecule has 0 N–H and O–H groups in total. The maximum Gasteiger partial charge on any atom is 0.400 e. The van der Waals surface area contributed by atoms with Crippen LogP contribution in [0.4, 0.5) is 30.7 Å². The third-order valence-electron chi connectivity index (χ3n) is 9.18. The summed E-state index contributed by atoms with van der Waals surface area (Å²) >= 11 is 0. The smallest absolute Gasteiger partial charge is 0.400 e. The van der Waals surface area contributed by atoms with Gasteiger partial charge in [-0.25, -0.2) is 13.2 Å². The minimum absolute atomic E-state index is 0.119. The Kier molecular flexibility index (Phi) is 10.5. The summed E-state index contributed by atoms with van der Waals surface area (Å²) in [6, 6.07) is 0.834. The number of ether oxygens (including phenoxy) is 2. The van der Waals surface area contributed by atoms with Crippen LogP contribution in [0.1, 0.15) is 96.8 Å². The molecule has 0 unspecified atom stereocenters. The topological polar surface area (TPSA) is 18.5 Å². The standard InChI is InChI=1S/C31H41F7O2/c1-2-3-20-6-12-23(13-7-20)30(35,36)39-25-16-10-22(11-17-25)5-4-21-8-14-24(15-9-21)31(37,38)40-26-18-27(32)29(34)28(33)19-26/h4-5,18-25H,2-3,6-17H2,1H3/b5-4+. The van der Waals surface area contributed by atoms with Crippen LogP contribution in [0.5, 0.6) is 5.75 Å². The third-order valence-corrected chi connectivity index (χ3v) is 9.18. The van der Waals surface area contributed by atoms with Crippen LogP contribution in [0.3, 0.4) is 0 Å². The molecule has 3 fully saturated rings. The highest BCUT2D eigenvalue weighted by molar-refractivity contribution is 5.25. The lowest BCUT2D eigenvalue weighted by atomic mass is 9.79. The van der Waals surface area contributed by atoms with Gasteiger partial charge >= 0.3 is 12.2 Å². The molecule has 3 aliphatic carbocycles. The Balaban J connectivity index is 1.17. The molecule has 0 amide bonds. The summed E-state index contributed by atoms with van der Waals surface area (Å²) in [5, 5.41) is 0. The molecule has 4 rings (SSSR count). The minimum atomic E-state index is -3.64. The van der Waals surface area contributed by atoms with Crippen molar-refractivity contribution in [3.63, 3.8) is 0 Å². The van der Waals surface area contributed by atoms with Gasteiger partial charge in [0.25, 0.3) is 0 Å². The van der Waals surface area contributed by atoms with Gasteiger partial charge in [0.15, 0.2) is 17.5 Å². The first-order valence-electron chi connectivity index (χ1n) is 14.9. The van der Waals surface area contributed by atoms with Crippen LogP contribution in [-0.4, -0.2) is 18.3 Å². The Morgan fingerprint density at radius 2 is 1.18 bits per heavy atom. The van der Waals surface area contributed by atoms with Crippen LogP contribution in [0, 0.1) is 47.0 Å². The molecule has 0 spiro atoms. The van der Waals surface area contributed by atoms with E-state index in [0.717, 1.165) is 38.5 Å². The van der Waals surface area contributed by atoms with Crippen LogP contribution < -0.4 is 4.74 Å². The lowest BCUT2D eigenvalue weighted by molar-refractivity contribution is -0.301. The SMILES string of the molecule is CCCC1CCC(C(F)(F)OC2CCC(/C=C/C3CCC(C(F)(F)Oc4cc(F)c(F)c(F)c4)CC3)CC2)CC1. The van der Waals surface area contributed by atoms with Gasteiger partial charge in [-0.1, -0.05) is 31.9 Å². The maximum absolute atomic E-state index is 14.8. The number of alkyl halides is 4. The predicted molar refractivity (Wildman–Crippen MR) is 139 cm³/mol. The number of hydrogen-bond acceptors (Lipinski definition) is 2. The van der Waals surface area contributed by atoms with Crippen molar-refractivity contribution in [2.24, 2.45) is 29.6 Å². The second-order valence-corrected chi connectivity index (χ2v) is 12.1. The number of rotatable bonds is 10. The zero-order valence-corrected chi connectivity index (χ0v) is 23.1. The van der Waals surface area contributed by atoms with Gasteiger partial charge in [0, 0.05) is 12.1 Å². The van der Waals surface area contributed by atoms with E-state index in [1.165, 1.54) is 0 Å². The van der Waals surface area contributed by atoms with Gasteiger partial charge in [-0.3, -0.25) is 0 Å². The van der Waals surface area contributed by atoms with Crippen LogP contribution in [0.2, 0.25) is 0 Å². The number of allylic oxidation sites excluding steroid dienone is 2. The van der Waals surface area contributed by atoms with Crippen molar-refractivity contribution < 1.29 is 40.2 Å². The van der Waals surface area contributed by atoms with Crippen LogP contribution >= 0.6 is 0 Å². The zero-order valence-electron chi connectivity index (χ0n) is 23.1. The van der Waals surface area contributed by atoms with Crippen LogP contribution in [0.25, 0.3) is 0 Å². The summed E-state index contributed by atoms with van der Waals surface area (Å²) in [4.78, 5) is 0. The van der Waals surface area contributed by atoms with Gasteiger partial charge in [0.1, 0.15) is 5.75 Å². The van der Waals surface area contributed by atoms with Gasteiger partial charge in [0.05, 0.1) is 17.9 Å². The predicted octanol–water partition coefficient (Wildman–Crippen LogP) is 10.2.